The number of carbonyl (C=O) groups excluding carboxylic acids is 1. The maximum Gasteiger partial charge on any atom is 0.241 e. The summed E-state index contributed by atoms with van der Waals surface area (Å²) in [5.41, 5.74) is 0. The SMILES string of the molecule is CN(CC(=O)NC1CCS(=O)(=O)C1)Cc1nc(-c2ccc(Br)s2)no1. The third-order valence-corrected chi connectivity index (χ3v) is 7.07. The highest BCUT2D eigenvalue weighted by atomic mass is 79.9. The first-order chi connectivity index (χ1) is 11.8. The van der Waals surface area contributed by atoms with E-state index in [9.17, 15) is 13.2 Å². The van der Waals surface area contributed by atoms with Gasteiger partial charge in [-0.25, -0.2) is 8.42 Å². The molecule has 1 fully saturated rings. The largest absolute Gasteiger partial charge is 0.351 e. The fourth-order valence-corrected chi connectivity index (χ4v) is 5.55. The van der Waals surface area contributed by atoms with Crippen molar-refractivity contribution in [2.75, 3.05) is 25.1 Å². The van der Waals surface area contributed by atoms with Gasteiger partial charge in [-0.1, -0.05) is 5.16 Å². The molecular formula is C14H17BrN4O4S2. The second kappa shape index (κ2) is 7.52. The molecule has 0 spiro atoms. The van der Waals surface area contributed by atoms with E-state index in [-0.39, 0.29) is 30.0 Å². The smallest absolute Gasteiger partial charge is 0.241 e. The molecule has 3 heterocycles. The summed E-state index contributed by atoms with van der Waals surface area (Å²) in [4.78, 5) is 19.0. The zero-order valence-electron chi connectivity index (χ0n) is 13.4. The molecule has 136 valence electrons. The zero-order valence-corrected chi connectivity index (χ0v) is 16.7. The number of thiophene rings is 1. The van der Waals surface area contributed by atoms with Crippen LogP contribution < -0.4 is 5.32 Å². The van der Waals surface area contributed by atoms with Gasteiger partial charge in [0.15, 0.2) is 9.84 Å². The average molecular weight is 449 g/mol. The Labute approximate surface area is 157 Å². The molecule has 1 N–H and O–H groups in total. The molecule has 0 saturated carbocycles. The molecule has 1 aliphatic heterocycles. The van der Waals surface area contributed by atoms with Crippen molar-refractivity contribution < 1.29 is 17.7 Å². The Balaban J connectivity index is 1.50. The highest BCUT2D eigenvalue weighted by Gasteiger charge is 2.29. The molecule has 8 nitrogen and oxygen atoms in total. The van der Waals surface area contributed by atoms with Crippen LogP contribution in [-0.4, -0.2) is 60.5 Å². The lowest BCUT2D eigenvalue weighted by Gasteiger charge is -2.16. The number of rotatable bonds is 6. The van der Waals surface area contributed by atoms with Crippen LogP contribution in [0.2, 0.25) is 0 Å². The second-order valence-corrected chi connectivity index (χ2v) is 10.6. The minimum atomic E-state index is -3.00. The van der Waals surface area contributed by atoms with Gasteiger partial charge in [-0.3, -0.25) is 9.69 Å². The van der Waals surface area contributed by atoms with Crippen LogP contribution in [0.5, 0.6) is 0 Å². The summed E-state index contributed by atoms with van der Waals surface area (Å²) in [6.07, 6.45) is 0.473. The normalized spacial score (nSPS) is 19.4. The van der Waals surface area contributed by atoms with E-state index in [2.05, 4.69) is 31.4 Å². The van der Waals surface area contributed by atoms with E-state index in [4.69, 9.17) is 4.52 Å². The van der Waals surface area contributed by atoms with Crippen molar-refractivity contribution in [3.05, 3.63) is 21.8 Å². The van der Waals surface area contributed by atoms with E-state index in [1.54, 1.807) is 11.9 Å². The van der Waals surface area contributed by atoms with Crippen LogP contribution in [-0.2, 0) is 21.2 Å². The van der Waals surface area contributed by atoms with Gasteiger partial charge in [0.2, 0.25) is 17.6 Å². The minimum Gasteiger partial charge on any atom is -0.351 e. The third-order valence-electron chi connectivity index (χ3n) is 3.68. The summed E-state index contributed by atoms with van der Waals surface area (Å²) >= 11 is 4.89. The molecule has 1 amide bonds. The van der Waals surface area contributed by atoms with E-state index in [1.807, 2.05) is 12.1 Å². The van der Waals surface area contributed by atoms with Crippen molar-refractivity contribution in [2.45, 2.75) is 19.0 Å². The number of sulfone groups is 1. The summed E-state index contributed by atoms with van der Waals surface area (Å²) in [6, 6.07) is 3.52. The highest BCUT2D eigenvalue weighted by Crippen LogP contribution is 2.29. The van der Waals surface area contributed by atoms with Gasteiger partial charge < -0.3 is 9.84 Å². The standard InChI is InChI=1S/C14H17BrN4O4S2/c1-19(6-12(20)16-9-4-5-25(21,22)8-9)7-13-17-14(18-23-13)10-2-3-11(15)24-10/h2-3,9H,4-8H2,1H3,(H,16,20). The van der Waals surface area contributed by atoms with Gasteiger partial charge in [-0.15, -0.1) is 11.3 Å². The fraction of sp³-hybridized carbons (Fsp3) is 0.500. The lowest BCUT2D eigenvalue weighted by Crippen LogP contribution is -2.41. The minimum absolute atomic E-state index is 0.0197. The van der Waals surface area contributed by atoms with Gasteiger partial charge in [0.25, 0.3) is 0 Å². The number of likely N-dealkylation sites (N-methyl/N-ethyl adjacent to an activating group) is 1. The number of carbonyl (C=O) groups is 1. The van der Waals surface area contributed by atoms with Crippen LogP contribution in [0.3, 0.4) is 0 Å². The van der Waals surface area contributed by atoms with Gasteiger partial charge in [-0.2, -0.15) is 4.98 Å². The third kappa shape index (κ3) is 5.09. The predicted octanol–water partition coefficient (Wildman–Crippen LogP) is 1.30. The number of nitrogens with one attached hydrogen (secondary N) is 1. The molecule has 1 unspecified atom stereocenters. The molecule has 1 aliphatic rings. The van der Waals surface area contributed by atoms with Gasteiger partial charge in [0.1, 0.15) is 0 Å². The zero-order chi connectivity index (χ0) is 18.0. The first kappa shape index (κ1) is 18.5. The summed E-state index contributed by atoms with van der Waals surface area (Å²) in [7, 11) is -1.24. The Morgan fingerprint density at radius 1 is 1.52 bits per heavy atom. The highest BCUT2D eigenvalue weighted by molar-refractivity contribution is 9.11. The van der Waals surface area contributed by atoms with Crippen molar-refractivity contribution in [3.8, 4) is 10.7 Å². The number of halogens is 1. The number of aromatic nitrogens is 2. The summed E-state index contributed by atoms with van der Waals surface area (Å²) in [5.74, 6) is 0.868. The molecule has 2 aromatic heterocycles. The molecule has 1 atom stereocenters. The number of hydrogen-bond acceptors (Lipinski definition) is 8. The molecule has 25 heavy (non-hydrogen) atoms. The van der Waals surface area contributed by atoms with E-state index in [0.29, 0.717) is 24.7 Å². The molecule has 0 radical (unpaired) electrons. The molecule has 11 heteroatoms. The lowest BCUT2D eigenvalue weighted by atomic mass is 10.2. The maximum absolute atomic E-state index is 12.0. The van der Waals surface area contributed by atoms with Gasteiger partial charge in [-0.05, 0) is 41.5 Å². The molecule has 1 saturated heterocycles. The lowest BCUT2D eigenvalue weighted by molar-refractivity contribution is -0.122. The van der Waals surface area contributed by atoms with Crippen LogP contribution in [0, 0.1) is 0 Å². The van der Waals surface area contributed by atoms with Crippen molar-refractivity contribution >= 4 is 43.0 Å². The summed E-state index contributed by atoms with van der Waals surface area (Å²) < 4.78 is 29.0. The molecule has 0 bridgehead atoms. The van der Waals surface area contributed by atoms with Gasteiger partial charge >= 0.3 is 0 Å². The molecule has 3 rings (SSSR count). The van der Waals surface area contributed by atoms with Crippen LogP contribution in [0.15, 0.2) is 20.4 Å². The Morgan fingerprint density at radius 2 is 2.32 bits per heavy atom. The van der Waals surface area contributed by atoms with Gasteiger partial charge in [0.05, 0.1) is 33.3 Å². The second-order valence-electron chi connectivity index (χ2n) is 5.96. The number of nitrogens with zero attached hydrogens (tertiary/aromatic N) is 3. The monoisotopic (exact) mass is 448 g/mol. The summed E-state index contributed by atoms with van der Waals surface area (Å²) in [5, 5.41) is 6.70. The molecule has 0 aromatic carbocycles. The van der Waals surface area contributed by atoms with Crippen LogP contribution in [0.4, 0.5) is 0 Å². The van der Waals surface area contributed by atoms with E-state index in [1.165, 1.54) is 11.3 Å². The maximum atomic E-state index is 12.0. The average Bonchev–Trinajstić information content (AvgIpc) is 3.19. The first-order valence-electron chi connectivity index (χ1n) is 7.57. The van der Waals surface area contributed by atoms with Crippen LogP contribution in [0.1, 0.15) is 12.3 Å². The number of amides is 1. The quantitative estimate of drug-likeness (QED) is 0.709. The van der Waals surface area contributed by atoms with Crippen LogP contribution >= 0.6 is 27.3 Å². The van der Waals surface area contributed by atoms with E-state index < -0.39 is 9.84 Å². The fourth-order valence-electron chi connectivity index (χ4n) is 2.57. The molecule has 2 aromatic rings. The van der Waals surface area contributed by atoms with Crippen LogP contribution in [0.25, 0.3) is 10.7 Å². The summed E-state index contributed by atoms with van der Waals surface area (Å²) in [6.45, 7) is 0.453. The number of hydrogen-bond donors (Lipinski definition) is 1. The first-order valence-corrected chi connectivity index (χ1v) is 11.0. The Kier molecular flexibility index (Phi) is 5.56. The molecule has 0 aliphatic carbocycles. The Morgan fingerprint density at radius 3 is 2.96 bits per heavy atom. The van der Waals surface area contributed by atoms with E-state index in [0.717, 1.165) is 8.66 Å². The predicted molar refractivity (Wildman–Crippen MR) is 96.8 cm³/mol. The van der Waals surface area contributed by atoms with Gasteiger partial charge in [0, 0.05) is 6.04 Å². The van der Waals surface area contributed by atoms with Crippen molar-refractivity contribution in [3.63, 3.8) is 0 Å². The topological polar surface area (TPSA) is 105 Å². The van der Waals surface area contributed by atoms with Crippen molar-refractivity contribution in [2.24, 2.45) is 0 Å². The van der Waals surface area contributed by atoms with Crippen molar-refractivity contribution in [1.29, 1.82) is 0 Å². The van der Waals surface area contributed by atoms with Crippen molar-refractivity contribution in [1.82, 2.24) is 20.4 Å². The molecular weight excluding hydrogens is 432 g/mol. The Hall–Kier alpha value is -1.30. The Bertz CT molecular complexity index is 864. The van der Waals surface area contributed by atoms with E-state index >= 15 is 0 Å².